The average Bonchev–Trinajstić information content (AvgIpc) is 2.65. The maximum atomic E-state index is 10.9. The Labute approximate surface area is 165 Å². The number of phenols is 2. The van der Waals surface area contributed by atoms with Crippen LogP contribution in [0.3, 0.4) is 0 Å². The zero-order chi connectivity index (χ0) is 20.8. The van der Waals surface area contributed by atoms with Crippen molar-refractivity contribution in [3.63, 3.8) is 0 Å². The van der Waals surface area contributed by atoms with E-state index in [4.69, 9.17) is 21.7 Å². The number of benzene rings is 2. The number of nitrogens with one attached hydrogen (secondary N) is 2. The maximum absolute atomic E-state index is 10.9. The Hall–Kier alpha value is -3.60. The van der Waals surface area contributed by atoms with Crippen LogP contribution in [0.15, 0.2) is 35.4 Å². The van der Waals surface area contributed by atoms with Gasteiger partial charge in [0.1, 0.15) is 17.2 Å². The quantitative estimate of drug-likeness (QED) is 0.247. The van der Waals surface area contributed by atoms with Gasteiger partial charge < -0.3 is 25.0 Å². The Bertz CT molecular complexity index is 947. The first-order chi connectivity index (χ1) is 13.3. The number of thiocarbonyl (C=S) groups is 1. The number of hydrogen-bond acceptors (Lipinski definition) is 8. The predicted molar refractivity (Wildman–Crippen MR) is 108 cm³/mol. The summed E-state index contributed by atoms with van der Waals surface area (Å²) < 4.78 is 10.4. The van der Waals surface area contributed by atoms with Crippen LogP contribution in [0, 0.1) is 10.1 Å². The number of methoxy groups -OCH3 is 2. The number of nitro benzene ring substituents is 1. The number of anilines is 1. The average molecular weight is 406 g/mol. The van der Waals surface area contributed by atoms with E-state index in [0.29, 0.717) is 17.2 Å². The fourth-order valence-corrected chi connectivity index (χ4v) is 2.41. The molecule has 10 nitrogen and oxygen atoms in total. The Morgan fingerprint density at radius 3 is 2.50 bits per heavy atom. The molecule has 0 fully saturated rings. The van der Waals surface area contributed by atoms with Crippen molar-refractivity contribution >= 4 is 34.4 Å². The van der Waals surface area contributed by atoms with Gasteiger partial charge in [-0.05, 0) is 31.3 Å². The van der Waals surface area contributed by atoms with Gasteiger partial charge in [-0.1, -0.05) is 0 Å². The molecule has 2 rings (SSSR count). The van der Waals surface area contributed by atoms with Gasteiger partial charge in [0.2, 0.25) is 0 Å². The van der Waals surface area contributed by atoms with Crippen LogP contribution in [0.2, 0.25) is 0 Å². The summed E-state index contributed by atoms with van der Waals surface area (Å²) in [5.41, 5.74) is 2.84. The molecule has 0 aliphatic carbocycles. The van der Waals surface area contributed by atoms with Gasteiger partial charge in [-0.25, -0.2) is 0 Å². The van der Waals surface area contributed by atoms with Gasteiger partial charge in [-0.15, -0.1) is 0 Å². The molecule has 0 aliphatic rings. The van der Waals surface area contributed by atoms with E-state index >= 15 is 0 Å². The molecule has 4 N–H and O–H groups in total. The molecule has 0 radical (unpaired) electrons. The summed E-state index contributed by atoms with van der Waals surface area (Å²) in [4.78, 5) is 10.2. The summed E-state index contributed by atoms with van der Waals surface area (Å²) >= 11 is 5.18. The highest BCUT2D eigenvalue weighted by Gasteiger charge is 2.19. The zero-order valence-electron chi connectivity index (χ0n) is 15.2. The first kappa shape index (κ1) is 20.7. The van der Waals surface area contributed by atoms with Crippen LogP contribution in [0.4, 0.5) is 11.4 Å². The van der Waals surface area contributed by atoms with Crippen molar-refractivity contribution in [3.8, 4) is 23.0 Å². The number of nitro groups is 1. The molecule has 0 aromatic heterocycles. The van der Waals surface area contributed by atoms with E-state index in [-0.39, 0.29) is 22.1 Å². The Morgan fingerprint density at radius 1 is 1.18 bits per heavy atom. The van der Waals surface area contributed by atoms with Crippen molar-refractivity contribution in [2.24, 2.45) is 5.10 Å². The van der Waals surface area contributed by atoms with Gasteiger partial charge in [0.15, 0.2) is 10.9 Å². The molecular weight excluding hydrogens is 388 g/mol. The summed E-state index contributed by atoms with van der Waals surface area (Å²) in [7, 11) is 3.03. The van der Waals surface area contributed by atoms with E-state index in [0.717, 1.165) is 12.1 Å². The second kappa shape index (κ2) is 8.86. The number of hydrazone groups is 1. The summed E-state index contributed by atoms with van der Waals surface area (Å²) in [6.07, 6.45) is 0. The second-order valence-corrected chi connectivity index (χ2v) is 5.85. The van der Waals surface area contributed by atoms with E-state index in [1.807, 2.05) is 0 Å². The highest BCUT2D eigenvalue weighted by molar-refractivity contribution is 7.80. The van der Waals surface area contributed by atoms with Gasteiger partial charge in [0.25, 0.3) is 0 Å². The number of rotatable bonds is 6. The van der Waals surface area contributed by atoms with E-state index in [2.05, 4.69) is 15.8 Å². The highest BCUT2D eigenvalue weighted by atomic mass is 32.1. The van der Waals surface area contributed by atoms with Gasteiger partial charge >= 0.3 is 5.69 Å². The van der Waals surface area contributed by atoms with Crippen LogP contribution in [0.1, 0.15) is 12.5 Å². The lowest BCUT2D eigenvalue weighted by molar-refractivity contribution is -0.385. The normalized spacial score (nSPS) is 10.9. The highest BCUT2D eigenvalue weighted by Crippen LogP contribution is 2.33. The van der Waals surface area contributed by atoms with E-state index < -0.39 is 16.4 Å². The fraction of sp³-hybridized carbons (Fsp3) is 0.176. The van der Waals surface area contributed by atoms with Crippen molar-refractivity contribution in [2.75, 3.05) is 19.5 Å². The molecule has 11 heteroatoms. The summed E-state index contributed by atoms with van der Waals surface area (Å²) in [5.74, 6) is 0.110. The molecule has 0 amide bonds. The largest absolute Gasteiger partial charge is 0.507 e. The van der Waals surface area contributed by atoms with Crippen molar-refractivity contribution in [1.82, 2.24) is 5.43 Å². The first-order valence-corrected chi connectivity index (χ1v) is 8.21. The van der Waals surface area contributed by atoms with E-state index in [1.165, 1.54) is 21.1 Å². The van der Waals surface area contributed by atoms with Gasteiger partial charge in [-0.3, -0.25) is 15.5 Å². The van der Waals surface area contributed by atoms with Crippen molar-refractivity contribution < 1.29 is 24.6 Å². The van der Waals surface area contributed by atoms with E-state index in [9.17, 15) is 20.3 Å². The predicted octanol–water partition coefficient (Wildman–Crippen LogP) is 2.73. The summed E-state index contributed by atoms with van der Waals surface area (Å²) in [6, 6.07) is 7.00. The molecule has 28 heavy (non-hydrogen) atoms. The molecule has 2 aromatic carbocycles. The number of nitrogens with zero attached hydrogens (tertiary/aromatic N) is 2. The fourth-order valence-electron chi connectivity index (χ4n) is 2.26. The van der Waals surface area contributed by atoms with Gasteiger partial charge in [0, 0.05) is 23.8 Å². The van der Waals surface area contributed by atoms with Crippen LogP contribution < -0.4 is 20.2 Å². The van der Waals surface area contributed by atoms with Crippen LogP contribution in [-0.2, 0) is 0 Å². The van der Waals surface area contributed by atoms with Gasteiger partial charge in [-0.2, -0.15) is 5.10 Å². The summed E-state index contributed by atoms with van der Waals surface area (Å²) in [6.45, 7) is 1.51. The van der Waals surface area contributed by atoms with Crippen molar-refractivity contribution in [3.05, 3.63) is 46.0 Å². The molecule has 0 bridgehead atoms. The van der Waals surface area contributed by atoms with Crippen LogP contribution in [0.5, 0.6) is 23.0 Å². The number of hydrogen-bond donors (Lipinski definition) is 4. The lowest BCUT2D eigenvalue weighted by atomic mass is 10.1. The molecule has 0 unspecified atom stereocenters. The van der Waals surface area contributed by atoms with Crippen molar-refractivity contribution in [1.29, 1.82) is 0 Å². The Balaban J connectivity index is 2.19. The molecule has 0 spiro atoms. The molecule has 148 valence electrons. The Kier molecular flexibility index (Phi) is 6.55. The topological polar surface area (TPSA) is 138 Å². The molecule has 0 atom stereocenters. The third kappa shape index (κ3) is 4.76. The number of phenolic OH excluding ortho intramolecular Hbond substituents is 2. The standard InChI is InChI=1S/C17H18N4O6S/c1-9(11-7-13(21(24)25)15(23)8-14(11)22)19-20-17(28)18-12-6-10(26-2)4-5-16(12)27-3/h4-8,22-23H,1-3H3,(H2,18,20,28)/b19-9+. The third-order valence-electron chi connectivity index (χ3n) is 3.66. The van der Waals surface area contributed by atoms with Crippen molar-refractivity contribution in [2.45, 2.75) is 6.92 Å². The molecule has 0 heterocycles. The maximum Gasteiger partial charge on any atom is 0.311 e. The Morgan fingerprint density at radius 2 is 1.89 bits per heavy atom. The summed E-state index contributed by atoms with van der Waals surface area (Å²) in [5, 5.41) is 37.4. The zero-order valence-corrected chi connectivity index (χ0v) is 16.0. The minimum absolute atomic E-state index is 0.0683. The SMILES string of the molecule is COc1ccc(OC)c(NC(=S)N/N=C(\C)c2cc([N+](=O)[O-])c(O)cc2O)c1. The molecule has 0 saturated heterocycles. The van der Waals surface area contributed by atoms with Crippen LogP contribution in [-0.4, -0.2) is 40.2 Å². The van der Waals surface area contributed by atoms with Crippen LogP contribution in [0.25, 0.3) is 0 Å². The van der Waals surface area contributed by atoms with E-state index in [1.54, 1.807) is 18.2 Å². The molecule has 2 aromatic rings. The minimum Gasteiger partial charge on any atom is -0.507 e. The monoisotopic (exact) mass is 406 g/mol. The smallest absolute Gasteiger partial charge is 0.311 e. The minimum atomic E-state index is -0.764. The third-order valence-corrected chi connectivity index (χ3v) is 3.85. The lowest BCUT2D eigenvalue weighted by Gasteiger charge is -2.13. The van der Waals surface area contributed by atoms with Gasteiger partial charge in [0.05, 0.1) is 30.5 Å². The second-order valence-electron chi connectivity index (χ2n) is 5.44. The lowest BCUT2D eigenvalue weighted by Crippen LogP contribution is -2.25. The van der Waals surface area contributed by atoms with Crippen LogP contribution >= 0.6 is 12.2 Å². The molecule has 0 saturated carbocycles. The number of ether oxygens (including phenoxy) is 2. The molecule has 0 aliphatic heterocycles. The number of aromatic hydroxyl groups is 2. The molecular formula is C17H18N4O6S. The first-order valence-electron chi connectivity index (χ1n) is 7.80.